The Morgan fingerprint density at radius 3 is 2.55 bits per heavy atom. The van der Waals surface area contributed by atoms with Gasteiger partial charge in [-0.05, 0) is 26.2 Å². The molecule has 4 heteroatoms. The van der Waals surface area contributed by atoms with E-state index in [1.54, 1.807) is 0 Å². The molecule has 20 heavy (non-hydrogen) atoms. The van der Waals surface area contributed by atoms with Crippen molar-refractivity contribution in [2.24, 2.45) is 5.41 Å². The van der Waals surface area contributed by atoms with Crippen LogP contribution in [0.4, 0.5) is 4.79 Å². The molecule has 2 saturated heterocycles. The van der Waals surface area contributed by atoms with Crippen molar-refractivity contribution in [3.05, 3.63) is 12.2 Å². The van der Waals surface area contributed by atoms with Crippen LogP contribution < -0.4 is 0 Å². The van der Waals surface area contributed by atoms with Crippen LogP contribution in [0.5, 0.6) is 0 Å². The molecule has 2 aliphatic rings. The van der Waals surface area contributed by atoms with Crippen LogP contribution in [0.2, 0.25) is 0 Å². The van der Waals surface area contributed by atoms with E-state index in [9.17, 15) is 4.79 Å². The van der Waals surface area contributed by atoms with E-state index in [1.807, 2.05) is 4.90 Å². The van der Waals surface area contributed by atoms with E-state index in [1.165, 1.54) is 6.42 Å². The lowest BCUT2D eigenvalue weighted by Crippen LogP contribution is -2.56. The molecular weight excluding hydrogens is 252 g/mol. The Morgan fingerprint density at radius 1 is 1.20 bits per heavy atom. The molecule has 0 aliphatic carbocycles. The summed E-state index contributed by atoms with van der Waals surface area (Å²) in [6.45, 7) is 10.2. The zero-order valence-corrected chi connectivity index (χ0v) is 13.1. The van der Waals surface area contributed by atoms with E-state index in [4.69, 9.17) is 4.74 Å². The van der Waals surface area contributed by atoms with Crippen LogP contribution in [-0.2, 0) is 4.74 Å². The minimum absolute atomic E-state index is 0.0388. The molecule has 0 aromatic rings. The monoisotopic (exact) mass is 280 g/mol. The summed E-state index contributed by atoms with van der Waals surface area (Å²) in [5.41, 5.74) is 0.0388. The van der Waals surface area contributed by atoms with E-state index in [2.05, 4.69) is 37.8 Å². The summed E-state index contributed by atoms with van der Waals surface area (Å²) in [7, 11) is 0. The normalized spacial score (nSPS) is 25.2. The molecule has 0 radical (unpaired) electrons. The van der Waals surface area contributed by atoms with Crippen LogP contribution in [0.3, 0.4) is 0 Å². The van der Waals surface area contributed by atoms with Gasteiger partial charge < -0.3 is 14.5 Å². The molecule has 0 aromatic heterocycles. The van der Waals surface area contributed by atoms with Gasteiger partial charge in [0.2, 0.25) is 0 Å². The molecule has 0 spiro atoms. The summed E-state index contributed by atoms with van der Waals surface area (Å²) in [5, 5.41) is 0. The van der Waals surface area contributed by atoms with Gasteiger partial charge in [-0.1, -0.05) is 26.0 Å². The standard InChI is InChI=1S/C16H28N2O2/c1-4-8-16(2,3)14-7-5-6-9-18(14)15(19)17-10-12-20-13-11-17/h4,8,14H,5-7,9-13H2,1-3H3. The third kappa shape index (κ3) is 3.35. The van der Waals surface area contributed by atoms with Crippen LogP contribution in [0.1, 0.15) is 40.0 Å². The van der Waals surface area contributed by atoms with Crippen molar-refractivity contribution in [3.63, 3.8) is 0 Å². The predicted octanol–water partition coefficient (Wildman–Crippen LogP) is 2.90. The first-order valence-corrected chi connectivity index (χ1v) is 7.83. The highest BCUT2D eigenvalue weighted by Gasteiger charge is 2.38. The van der Waals surface area contributed by atoms with Crippen molar-refractivity contribution in [1.82, 2.24) is 9.80 Å². The van der Waals surface area contributed by atoms with Gasteiger partial charge >= 0.3 is 6.03 Å². The van der Waals surface area contributed by atoms with Gasteiger partial charge in [0.15, 0.2) is 0 Å². The Kier molecular flexibility index (Phi) is 5.08. The van der Waals surface area contributed by atoms with E-state index in [0.717, 1.165) is 32.5 Å². The molecule has 2 aliphatic heterocycles. The average molecular weight is 280 g/mol. The lowest BCUT2D eigenvalue weighted by atomic mass is 9.78. The number of morpholine rings is 1. The largest absolute Gasteiger partial charge is 0.378 e. The van der Waals surface area contributed by atoms with E-state index in [-0.39, 0.29) is 11.4 Å². The molecule has 2 heterocycles. The van der Waals surface area contributed by atoms with Gasteiger partial charge in [0.1, 0.15) is 0 Å². The second-order valence-corrected chi connectivity index (χ2v) is 6.41. The minimum atomic E-state index is 0.0388. The van der Waals surface area contributed by atoms with Gasteiger partial charge in [-0.3, -0.25) is 0 Å². The quantitative estimate of drug-likeness (QED) is 0.729. The molecule has 4 nitrogen and oxygen atoms in total. The minimum Gasteiger partial charge on any atom is -0.378 e. The fourth-order valence-electron chi connectivity index (χ4n) is 3.41. The summed E-state index contributed by atoms with van der Waals surface area (Å²) < 4.78 is 5.35. The molecule has 0 bridgehead atoms. The van der Waals surface area contributed by atoms with Gasteiger partial charge in [0.25, 0.3) is 0 Å². The van der Waals surface area contributed by atoms with Crippen molar-refractivity contribution >= 4 is 6.03 Å². The number of hydrogen-bond donors (Lipinski definition) is 0. The number of amides is 2. The summed E-state index contributed by atoms with van der Waals surface area (Å²) in [4.78, 5) is 16.8. The van der Waals surface area contributed by atoms with E-state index >= 15 is 0 Å². The third-order valence-corrected chi connectivity index (χ3v) is 4.49. The van der Waals surface area contributed by atoms with Crippen molar-refractivity contribution < 1.29 is 9.53 Å². The molecule has 1 atom stereocenters. The van der Waals surface area contributed by atoms with Crippen LogP contribution in [0, 0.1) is 5.41 Å². The Hall–Kier alpha value is -1.03. The Morgan fingerprint density at radius 2 is 1.90 bits per heavy atom. The number of piperidine rings is 1. The van der Waals surface area contributed by atoms with E-state index < -0.39 is 0 Å². The lowest BCUT2D eigenvalue weighted by molar-refractivity contribution is 0.0262. The number of urea groups is 1. The highest BCUT2D eigenvalue weighted by atomic mass is 16.5. The van der Waals surface area contributed by atoms with Gasteiger partial charge in [0.05, 0.1) is 13.2 Å². The fourth-order valence-corrected chi connectivity index (χ4v) is 3.41. The highest BCUT2D eigenvalue weighted by Crippen LogP contribution is 2.34. The van der Waals surface area contributed by atoms with Crippen LogP contribution in [0.15, 0.2) is 12.2 Å². The smallest absolute Gasteiger partial charge is 0.320 e. The number of carbonyl (C=O) groups is 1. The Balaban J connectivity index is 2.11. The number of ether oxygens (including phenoxy) is 1. The topological polar surface area (TPSA) is 32.8 Å². The maximum Gasteiger partial charge on any atom is 0.320 e. The number of likely N-dealkylation sites (tertiary alicyclic amines) is 1. The first-order chi connectivity index (χ1) is 9.56. The predicted molar refractivity (Wildman–Crippen MR) is 80.7 cm³/mol. The fraction of sp³-hybridized carbons (Fsp3) is 0.812. The van der Waals surface area contributed by atoms with Crippen molar-refractivity contribution in [2.75, 3.05) is 32.8 Å². The number of carbonyl (C=O) groups excluding carboxylic acids is 1. The number of nitrogens with zero attached hydrogens (tertiary/aromatic N) is 2. The SMILES string of the molecule is CC=CC(C)(C)C1CCCCN1C(=O)N1CCOCC1. The average Bonchev–Trinajstić information content (AvgIpc) is 2.47. The highest BCUT2D eigenvalue weighted by molar-refractivity contribution is 5.75. The first-order valence-electron chi connectivity index (χ1n) is 7.83. The maximum atomic E-state index is 12.8. The van der Waals surface area contributed by atoms with Gasteiger partial charge in [-0.15, -0.1) is 0 Å². The Bertz CT molecular complexity index is 359. The molecule has 0 saturated carbocycles. The first kappa shape index (κ1) is 15.4. The van der Waals surface area contributed by atoms with Gasteiger partial charge in [0, 0.05) is 31.1 Å². The molecule has 0 aromatic carbocycles. The number of hydrogen-bond acceptors (Lipinski definition) is 2. The van der Waals surface area contributed by atoms with Crippen molar-refractivity contribution in [3.8, 4) is 0 Å². The van der Waals surface area contributed by atoms with Crippen LogP contribution >= 0.6 is 0 Å². The molecule has 1 unspecified atom stereocenters. The molecule has 114 valence electrons. The molecule has 0 N–H and O–H groups in total. The van der Waals surface area contributed by atoms with Crippen LogP contribution in [0.25, 0.3) is 0 Å². The summed E-state index contributed by atoms with van der Waals surface area (Å²) in [6.07, 6.45) is 7.79. The second kappa shape index (κ2) is 6.61. The zero-order valence-electron chi connectivity index (χ0n) is 13.1. The van der Waals surface area contributed by atoms with Crippen molar-refractivity contribution in [1.29, 1.82) is 0 Å². The molecule has 2 rings (SSSR count). The zero-order chi connectivity index (χ0) is 14.6. The molecule has 2 amide bonds. The lowest BCUT2D eigenvalue weighted by Gasteiger charge is -2.46. The third-order valence-electron chi connectivity index (χ3n) is 4.49. The van der Waals surface area contributed by atoms with E-state index in [0.29, 0.717) is 19.3 Å². The van der Waals surface area contributed by atoms with Gasteiger partial charge in [-0.2, -0.15) is 0 Å². The summed E-state index contributed by atoms with van der Waals surface area (Å²) in [5.74, 6) is 0. The van der Waals surface area contributed by atoms with Crippen LogP contribution in [-0.4, -0.2) is 54.7 Å². The second-order valence-electron chi connectivity index (χ2n) is 6.41. The van der Waals surface area contributed by atoms with Gasteiger partial charge in [-0.25, -0.2) is 4.79 Å². The maximum absolute atomic E-state index is 12.8. The summed E-state index contributed by atoms with van der Waals surface area (Å²) >= 11 is 0. The molecular formula is C16H28N2O2. The summed E-state index contributed by atoms with van der Waals surface area (Å²) in [6, 6.07) is 0.512. The Labute approximate surface area is 122 Å². The number of allylic oxidation sites excluding steroid dienone is 1. The van der Waals surface area contributed by atoms with Crippen molar-refractivity contribution in [2.45, 2.75) is 46.1 Å². The molecule has 2 fully saturated rings. The number of rotatable bonds is 2.